The number of hydrogen-bond acceptors (Lipinski definition) is 5. The number of fused-ring (bicyclic) bond motifs is 1. The number of anilines is 1. The van der Waals surface area contributed by atoms with E-state index in [0.29, 0.717) is 37.5 Å². The van der Waals surface area contributed by atoms with E-state index < -0.39 is 5.82 Å². The molecule has 1 fully saturated rings. The smallest absolute Gasteiger partial charge is 0.260 e. The zero-order valence-corrected chi connectivity index (χ0v) is 20.2. The fraction of sp³-hybridized carbons (Fsp3) is 0.407. The lowest BCUT2D eigenvalue weighted by Gasteiger charge is -2.31. The molecular formula is C27H30FN5O3. The maximum absolute atomic E-state index is 14.6. The second-order valence-corrected chi connectivity index (χ2v) is 9.34. The molecule has 0 saturated carbocycles. The highest BCUT2D eigenvalue weighted by Gasteiger charge is 2.28. The lowest BCUT2D eigenvalue weighted by molar-refractivity contribution is -0.136. The molecule has 2 amide bonds. The predicted octanol–water partition coefficient (Wildman–Crippen LogP) is 4.07. The standard InChI is InChI=1S/C27H30FN5O3/c28-22-11-10-20(26-31-30-24-9-5-2-6-14-33(24)26)17-23(22)29-27(35)19-12-15-32(16-13-19)25(34)18-36-21-7-3-1-4-8-21/h1,3-4,7-8,10-11,17,19H,2,5-6,9,12-16,18H2,(H,29,35). The zero-order chi connectivity index (χ0) is 24.9. The minimum atomic E-state index is -0.492. The number of para-hydroxylation sites is 1. The van der Waals surface area contributed by atoms with Gasteiger partial charge in [-0.25, -0.2) is 4.39 Å². The second kappa shape index (κ2) is 10.9. The SMILES string of the molecule is O=C(Nc1cc(-c2nnc3n2CCCCC3)ccc1F)C1CCN(C(=O)COc2ccccc2)CC1. The quantitative estimate of drug-likeness (QED) is 0.562. The Balaban J connectivity index is 1.18. The van der Waals surface area contributed by atoms with E-state index in [0.717, 1.165) is 43.6 Å². The minimum Gasteiger partial charge on any atom is -0.484 e. The van der Waals surface area contributed by atoms with E-state index in [4.69, 9.17) is 4.74 Å². The van der Waals surface area contributed by atoms with Crippen LogP contribution in [-0.2, 0) is 22.6 Å². The number of likely N-dealkylation sites (tertiary alicyclic amines) is 1. The summed E-state index contributed by atoms with van der Waals surface area (Å²) < 4.78 is 22.3. The average molecular weight is 492 g/mol. The van der Waals surface area contributed by atoms with Gasteiger partial charge in [0.2, 0.25) is 5.91 Å². The Labute approximate surface area is 209 Å². The molecule has 0 atom stereocenters. The van der Waals surface area contributed by atoms with Crippen LogP contribution in [0.4, 0.5) is 10.1 Å². The van der Waals surface area contributed by atoms with E-state index in [2.05, 4.69) is 20.1 Å². The number of rotatable bonds is 6. The number of halogens is 1. The lowest BCUT2D eigenvalue weighted by Crippen LogP contribution is -2.43. The predicted molar refractivity (Wildman–Crippen MR) is 133 cm³/mol. The minimum absolute atomic E-state index is 0.0365. The largest absolute Gasteiger partial charge is 0.484 e. The first kappa shape index (κ1) is 24.0. The molecule has 0 spiro atoms. The van der Waals surface area contributed by atoms with Crippen molar-refractivity contribution in [2.75, 3.05) is 25.0 Å². The van der Waals surface area contributed by atoms with Gasteiger partial charge in [-0.1, -0.05) is 24.6 Å². The molecule has 0 aliphatic carbocycles. The first-order chi connectivity index (χ1) is 17.6. The van der Waals surface area contributed by atoms with Crippen LogP contribution in [0.25, 0.3) is 11.4 Å². The molecule has 8 nitrogen and oxygen atoms in total. The molecule has 0 radical (unpaired) electrons. The number of aryl methyl sites for hydroxylation is 1. The molecule has 3 aromatic rings. The van der Waals surface area contributed by atoms with Gasteiger partial charge >= 0.3 is 0 Å². The van der Waals surface area contributed by atoms with E-state index in [1.54, 1.807) is 29.2 Å². The number of nitrogens with one attached hydrogen (secondary N) is 1. The first-order valence-electron chi connectivity index (χ1n) is 12.6. The Hall–Kier alpha value is -3.75. The van der Waals surface area contributed by atoms with Crippen molar-refractivity contribution >= 4 is 17.5 Å². The fourth-order valence-electron chi connectivity index (χ4n) is 4.84. The van der Waals surface area contributed by atoms with Gasteiger partial charge < -0.3 is 19.5 Å². The van der Waals surface area contributed by atoms with Gasteiger partial charge in [0.15, 0.2) is 12.4 Å². The van der Waals surface area contributed by atoms with Gasteiger partial charge in [-0.05, 0) is 56.0 Å². The van der Waals surface area contributed by atoms with Crippen LogP contribution in [0.3, 0.4) is 0 Å². The summed E-state index contributed by atoms with van der Waals surface area (Å²) >= 11 is 0. The number of hydrogen-bond donors (Lipinski definition) is 1. The first-order valence-corrected chi connectivity index (χ1v) is 12.6. The molecule has 1 N–H and O–H groups in total. The molecule has 2 aliphatic heterocycles. The van der Waals surface area contributed by atoms with Crippen LogP contribution < -0.4 is 10.1 Å². The molecule has 1 aromatic heterocycles. The number of piperidine rings is 1. The summed E-state index contributed by atoms with van der Waals surface area (Å²) in [4.78, 5) is 27.2. The molecule has 9 heteroatoms. The van der Waals surface area contributed by atoms with Crippen LogP contribution in [0, 0.1) is 11.7 Å². The maximum atomic E-state index is 14.6. The highest BCUT2D eigenvalue weighted by Crippen LogP contribution is 2.28. The molecule has 36 heavy (non-hydrogen) atoms. The number of nitrogens with zero attached hydrogens (tertiary/aromatic N) is 4. The van der Waals surface area contributed by atoms with Crippen LogP contribution in [-0.4, -0.2) is 51.2 Å². The van der Waals surface area contributed by atoms with Crippen LogP contribution in [0.2, 0.25) is 0 Å². The second-order valence-electron chi connectivity index (χ2n) is 9.34. The van der Waals surface area contributed by atoms with Gasteiger partial charge in [0, 0.05) is 37.5 Å². The third-order valence-electron chi connectivity index (χ3n) is 6.92. The van der Waals surface area contributed by atoms with E-state index >= 15 is 0 Å². The Kier molecular flexibility index (Phi) is 7.25. The van der Waals surface area contributed by atoms with Gasteiger partial charge in [-0.15, -0.1) is 10.2 Å². The molecule has 3 heterocycles. The molecule has 2 aromatic carbocycles. The van der Waals surface area contributed by atoms with Crippen LogP contribution >= 0.6 is 0 Å². The van der Waals surface area contributed by atoms with E-state index in [1.165, 1.54) is 6.07 Å². The summed E-state index contributed by atoms with van der Waals surface area (Å²) in [6.07, 6.45) is 5.22. The highest BCUT2D eigenvalue weighted by molar-refractivity contribution is 5.93. The van der Waals surface area contributed by atoms with Gasteiger partial charge in [-0.3, -0.25) is 9.59 Å². The third-order valence-corrected chi connectivity index (χ3v) is 6.92. The Morgan fingerprint density at radius 3 is 2.61 bits per heavy atom. The van der Waals surface area contributed by atoms with E-state index in [-0.39, 0.29) is 30.0 Å². The fourth-order valence-corrected chi connectivity index (χ4v) is 4.84. The summed E-state index contributed by atoms with van der Waals surface area (Å²) in [5.74, 6) is 1.17. The highest BCUT2D eigenvalue weighted by atomic mass is 19.1. The number of amides is 2. The van der Waals surface area contributed by atoms with Crippen molar-refractivity contribution in [2.24, 2.45) is 5.92 Å². The van der Waals surface area contributed by atoms with Crippen molar-refractivity contribution in [1.82, 2.24) is 19.7 Å². The monoisotopic (exact) mass is 491 g/mol. The van der Waals surface area contributed by atoms with Crippen LogP contribution in [0.15, 0.2) is 48.5 Å². The summed E-state index contributed by atoms with van der Waals surface area (Å²) in [6, 6.07) is 13.9. The Morgan fingerprint density at radius 2 is 1.81 bits per heavy atom. The molecular weight excluding hydrogens is 461 g/mol. The number of aromatic nitrogens is 3. The van der Waals surface area contributed by atoms with Gasteiger partial charge in [0.05, 0.1) is 5.69 Å². The number of carbonyl (C=O) groups is 2. The molecule has 5 rings (SSSR count). The van der Waals surface area contributed by atoms with Crippen molar-refractivity contribution in [3.05, 3.63) is 60.2 Å². The maximum Gasteiger partial charge on any atom is 0.260 e. The lowest BCUT2D eigenvalue weighted by atomic mass is 9.95. The molecule has 0 bridgehead atoms. The van der Waals surface area contributed by atoms with Crippen LogP contribution in [0.5, 0.6) is 5.75 Å². The van der Waals surface area contributed by atoms with E-state index in [9.17, 15) is 14.0 Å². The van der Waals surface area contributed by atoms with Crippen molar-refractivity contribution in [1.29, 1.82) is 0 Å². The average Bonchev–Trinajstić information content (AvgIpc) is 3.17. The van der Waals surface area contributed by atoms with Gasteiger partial charge in [-0.2, -0.15) is 0 Å². The van der Waals surface area contributed by atoms with Crippen molar-refractivity contribution in [3.8, 4) is 17.1 Å². The third kappa shape index (κ3) is 5.40. The summed E-state index contributed by atoms with van der Waals surface area (Å²) in [6.45, 7) is 1.72. The van der Waals surface area contributed by atoms with Crippen molar-refractivity contribution in [2.45, 2.75) is 45.1 Å². The van der Waals surface area contributed by atoms with Gasteiger partial charge in [0.25, 0.3) is 5.91 Å². The van der Waals surface area contributed by atoms with Crippen LogP contribution in [0.1, 0.15) is 37.9 Å². The molecule has 188 valence electrons. The summed E-state index contributed by atoms with van der Waals surface area (Å²) in [5, 5.41) is 11.4. The molecule has 1 saturated heterocycles. The van der Waals surface area contributed by atoms with Gasteiger partial charge in [0.1, 0.15) is 17.4 Å². The topological polar surface area (TPSA) is 89.4 Å². The number of ether oxygens (including phenoxy) is 1. The normalized spacial score (nSPS) is 16.2. The molecule has 2 aliphatic rings. The number of benzene rings is 2. The Morgan fingerprint density at radius 1 is 1.00 bits per heavy atom. The zero-order valence-electron chi connectivity index (χ0n) is 20.2. The number of carbonyl (C=O) groups excluding carboxylic acids is 2. The van der Waals surface area contributed by atoms with Crippen molar-refractivity contribution < 1.29 is 18.7 Å². The Bertz CT molecular complexity index is 1220. The van der Waals surface area contributed by atoms with Crippen molar-refractivity contribution in [3.63, 3.8) is 0 Å². The summed E-state index contributed by atoms with van der Waals surface area (Å²) in [7, 11) is 0. The van der Waals surface area contributed by atoms with E-state index in [1.807, 2.05) is 18.2 Å². The molecule has 0 unspecified atom stereocenters. The summed E-state index contributed by atoms with van der Waals surface area (Å²) in [5.41, 5.74) is 0.865.